The molecule has 0 radical (unpaired) electrons. The van der Waals surface area contributed by atoms with Crippen LogP contribution >= 0.6 is 0 Å². The summed E-state index contributed by atoms with van der Waals surface area (Å²) < 4.78 is 0. The van der Waals surface area contributed by atoms with Crippen molar-refractivity contribution in [3.8, 4) is 0 Å². The minimum atomic E-state index is 0.0583. The molecule has 1 heterocycles. The first-order valence-electron chi connectivity index (χ1n) is 4.33. The summed E-state index contributed by atoms with van der Waals surface area (Å²) in [6.07, 6.45) is 2.11. The molecule has 1 amide bonds. The van der Waals surface area contributed by atoms with E-state index >= 15 is 0 Å². The predicted octanol–water partition coefficient (Wildman–Crippen LogP) is 0.512. The normalized spacial score (nSPS) is 22.8. The van der Waals surface area contributed by atoms with E-state index in [1.807, 2.05) is 4.90 Å². The summed E-state index contributed by atoms with van der Waals surface area (Å²) in [6.45, 7) is 6.79. The van der Waals surface area contributed by atoms with Gasteiger partial charge in [-0.25, -0.2) is 0 Å². The summed E-state index contributed by atoms with van der Waals surface area (Å²) >= 11 is 0. The number of hydrogen-bond acceptors (Lipinski definition) is 2. The molecule has 0 spiro atoms. The number of likely N-dealkylation sites (tertiary alicyclic amines) is 1. The standard InChI is InChI=1S/C9H16N2O/c1-7(2)9(12)11-5-3-4-8(11)6-10/h8H,1,3-6,10H2,2H3/t8-/m1/s1. The minimum absolute atomic E-state index is 0.0583. The van der Waals surface area contributed by atoms with Crippen LogP contribution in [0.15, 0.2) is 12.2 Å². The van der Waals surface area contributed by atoms with Crippen LogP contribution in [0.5, 0.6) is 0 Å². The fraction of sp³-hybridized carbons (Fsp3) is 0.667. The Morgan fingerprint density at radius 2 is 2.42 bits per heavy atom. The van der Waals surface area contributed by atoms with Gasteiger partial charge >= 0.3 is 0 Å². The first kappa shape index (κ1) is 9.26. The van der Waals surface area contributed by atoms with Gasteiger partial charge in [-0.3, -0.25) is 4.79 Å². The van der Waals surface area contributed by atoms with E-state index in [1.54, 1.807) is 6.92 Å². The molecule has 68 valence electrons. The molecule has 1 aliphatic heterocycles. The molecular formula is C9H16N2O. The number of carbonyl (C=O) groups excluding carboxylic acids is 1. The average Bonchev–Trinajstić information content (AvgIpc) is 2.49. The van der Waals surface area contributed by atoms with Gasteiger partial charge in [0.2, 0.25) is 5.91 Å². The molecule has 2 N–H and O–H groups in total. The van der Waals surface area contributed by atoms with Crippen LogP contribution in [0, 0.1) is 0 Å². The number of hydrogen-bond donors (Lipinski definition) is 1. The number of nitrogens with two attached hydrogens (primary N) is 1. The molecular weight excluding hydrogens is 152 g/mol. The van der Waals surface area contributed by atoms with E-state index in [1.165, 1.54) is 0 Å². The van der Waals surface area contributed by atoms with E-state index in [4.69, 9.17) is 5.73 Å². The van der Waals surface area contributed by atoms with E-state index in [9.17, 15) is 4.79 Å². The number of amides is 1. The van der Waals surface area contributed by atoms with Crippen LogP contribution in [-0.4, -0.2) is 29.9 Å². The fourth-order valence-electron chi connectivity index (χ4n) is 1.59. The molecule has 3 nitrogen and oxygen atoms in total. The van der Waals surface area contributed by atoms with E-state index in [-0.39, 0.29) is 11.9 Å². The van der Waals surface area contributed by atoms with Crippen molar-refractivity contribution >= 4 is 5.91 Å². The fourth-order valence-corrected chi connectivity index (χ4v) is 1.59. The largest absolute Gasteiger partial charge is 0.335 e. The molecule has 0 saturated carbocycles. The lowest BCUT2D eigenvalue weighted by Crippen LogP contribution is -2.40. The van der Waals surface area contributed by atoms with Crippen LogP contribution in [0.4, 0.5) is 0 Å². The number of nitrogens with zero attached hydrogens (tertiary/aromatic N) is 1. The van der Waals surface area contributed by atoms with Crippen LogP contribution in [0.1, 0.15) is 19.8 Å². The van der Waals surface area contributed by atoms with E-state index in [0.29, 0.717) is 12.1 Å². The third kappa shape index (κ3) is 1.67. The Morgan fingerprint density at radius 1 is 1.75 bits per heavy atom. The van der Waals surface area contributed by atoms with Gasteiger partial charge in [0, 0.05) is 24.7 Å². The second-order valence-electron chi connectivity index (χ2n) is 3.31. The van der Waals surface area contributed by atoms with Gasteiger partial charge in [-0.1, -0.05) is 6.58 Å². The molecule has 0 unspecified atom stereocenters. The zero-order chi connectivity index (χ0) is 9.14. The van der Waals surface area contributed by atoms with Crippen LogP contribution < -0.4 is 5.73 Å². The highest BCUT2D eigenvalue weighted by Gasteiger charge is 2.27. The molecule has 12 heavy (non-hydrogen) atoms. The topological polar surface area (TPSA) is 46.3 Å². The van der Waals surface area contributed by atoms with Crippen molar-refractivity contribution in [3.05, 3.63) is 12.2 Å². The van der Waals surface area contributed by atoms with Gasteiger partial charge in [0.25, 0.3) is 0 Å². The molecule has 3 heteroatoms. The van der Waals surface area contributed by atoms with Crippen molar-refractivity contribution in [2.45, 2.75) is 25.8 Å². The first-order chi connectivity index (χ1) is 5.66. The molecule has 1 rings (SSSR count). The van der Waals surface area contributed by atoms with Crippen LogP contribution in [0.25, 0.3) is 0 Å². The monoisotopic (exact) mass is 168 g/mol. The maximum absolute atomic E-state index is 11.5. The van der Waals surface area contributed by atoms with Gasteiger partial charge in [0.15, 0.2) is 0 Å². The van der Waals surface area contributed by atoms with E-state index in [2.05, 4.69) is 6.58 Å². The Labute approximate surface area is 73.2 Å². The van der Waals surface area contributed by atoms with Gasteiger partial charge in [0.05, 0.1) is 0 Å². The van der Waals surface area contributed by atoms with Crippen LogP contribution in [0.2, 0.25) is 0 Å². The second-order valence-corrected chi connectivity index (χ2v) is 3.31. The Hall–Kier alpha value is -0.830. The van der Waals surface area contributed by atoms with Crippen molar-refractivity contribution in [2.24, 2.45) is 5.73 Å². The van der Waals surface area contributed by atoms with Crippen molar-refractivity contribution in [2.75, 3.05) is 13.1 Å². The smallest absolute Gasteiger partial charge is 0.249 e. The molecule has 0 aliphatic carbocycles. The van der Waals surface area contributed by atoms with Crippen molar-refractivity contribution in [1.29, 1.82) is 0 Å². The van der Waals surface area contributed by atoms with Gasteiger partial charge in [-0.15, -0.1) is 0 Å². The summed E-state index contributed by atoms with van der Waals surface area (Å²) in [6, 6.07) is 0.245. The maximum Gasteiger partial charge on any atom is 0.249 e. The van der Waals surface area contributed by atoms with Crippen molar-refractivity contribution in [1.82, 2.24) is 4.90 Å². The van der Waals surface area contributed by atoms with Gasteiger partial charge in [-0.05, 0) is 19.8 Å². The molecule has 1 aliphatic rings. The summed E-state index contributed by atoms with van der Waals surface area (Å²) in [4.78, 5) is 13.3. The summed E-state index contributed by atoms with van der Waals surface area (Å²) in [5.74, 6) is 0.0583. The average molecular weight is 168 g/mol. The van der Waals surface area contributed by atoms with E-state index in [0.717, 1.165) is 19.4 Å². The van der Waals surface area contributed by atoms with Crippen LogP contribution in [0.3, 0.4) is 0 Å². The summed E-state index contributed by atoms with van der Waals surface area (Å²) in [7, 11) is 0. The SMILES string of the molecule is C=C(C)C(=O)N1CCC[C@@H]1CN. The van der Waals surface area contributed by atoms with Gasteiger partial charge in [0.1, 0.15) is 0 Å². The van der Waals surface area contributed by atoms with Crippen molar-refractivity contribution < 1.29 is 4.79 Å². The quantitative estimate of drug-likeness (QED) is 0.611. The van der Waals surface area contributed by atoms with Crippen molar-refractivity contribution in [3.63, 3.8) is 0 Å². The Bertz CT molecular complexity index is 201. The Morgan fingerprint density at radius 3 is 2.92 bits per heavy atom. The molecule has 0 aromatic rings. The number of carbonyl (C=O) groups is 1. The Kier molecular flexibility index (Phi) is 2.87. The molecule has 1 fully saturated rings. The molecule has 0 aromatic carbocycles. The summed E-state index contributed by atoms with van der Waals surface area (Å²) in [5, 5.41) is 0. The van der Waals surface area contributed by atoms with Gasteiger partial charge in [-0.2, -0.15) is 0 Å². The van der Waals surface area contributed by atoms with E-state index < -0.39 is 0 Å². The minimum Gasteiger partial charge on any atom is -0.335 e. The maximum atomic E-state index is 11.5. The lowest BCUT2D eigenvalue weighted by atomic mass is 10.2. The Balaban J connectivity index is 2.61. The van der Waals surface area contributed by atoms with Gasteiger partial charge < -0.3 is 10.6 Å². The zero-order valence-electron chi connectivity index (χ0n) is 7.55. The summed E-state index contributed by atoms with van der Waals surface area (Å²) in [5.41, 5.74) is 6.15. The highest BCUT2D eigenvalue weighted by Crippen LogP contribution is 2.17. The number of rotatable bonds is 2. The molecule has 1 atom stereocenters. The lowest BCUT2D eigenvalue weighted by Gasteiger charge is -2.23. The first-order valence-corrected chi connectivity index (χ1v) is 4.33. The molecule has 0 aromatic heterocycles. The molecule has 1 saturated heterocycles. The third-order valence-electron chi connectivity index (χ3n) is 2.28. The molecule has 0 bridgehead atoms. The lowest BCUT2D eigenvalue weighted by molar-refractivity contribution is -0.127. The second kappa shape index (κ2) is 3.72. The zero-order valence-corrected chi connectivity index (χ0v) is 7.55. The third-order valence-corrected chi connectivity index (χ3v) is 2.28. The van der Waals surface area contributed by atoms with Crippen LogP contribution in [-0.2, 0) is 4.79 Å². The predicted molar refractivity (Wildman–Crippen MR) is 48.6 cm³/mol. The highest BCUT2D eigenvalue weighted by atomic mass is 16.2. The highest BCUT2D eigenvalue weighted by molar-refractivity contribution is 5.92.